The van der Waals surface area contributed by atoms with E-state index in [1.807, 2.05) is 12.1 Å². The standard InChI is InChI=1S/C19H25NO/c1-13-6-7-18(12-14(13)2)16(4)20-15(3)17-8-10-19(21-5)11-9-17/h6-12,15-16,20H,1-5H3/t15-,16?/m0/s1. The summed E-state index contributed by atoms with van der Waals surface area (Å²) < 4.78 is 5.20. The van der Waals surface area contributed by atoms with Gasteiger partial charge in [0, 0.05) is 12.1 Å². The first-order valence-electron chi connectivity index (χ1n) is 7.48. The molecule has 0 aliphatic rings. The molecule has 0 amide bonds. The molecule has 0 heterocycles. The number of methoxy groups -OCH3 is 1. The van der Waals surface area contributed by atoms with Gasteiger partial charge in [0.1, 0.15) is 5.75 Å². The van der Waals surface area contributed by atoms with Crippen molar-refractivity contribution in [3.63, 3.8) is 0 Å². The number of hydrogen-bond acceptors (Lipinski definition) is 2. The molecule has 2 nitrogen and oxygen atoms in total. The summed E-state index contributed by atoms with van der Waals surface area (Å²) in [6, 6.07) is 15.5. The van der Waals surface area contributed by atoms with Crippen LogP contribution in [0.4, 0.5) is 0 Å². The maximum absolute atomic E-state index is 5.20. The van der Waals surface area contributed by atoms with Gasteiger partial charge in [0.05, 0.1) is 7.11 Å². The van der Waals surface area contributed by atoms with Crippen molar-refractivity contribution in [1.29, 1.82) is 0 Å². The zero-order valence-electron chi connectivity index (χ0n) is 13.6. The summed E-state index contributed by atoms with van der Waals surface area (Å²) in [6.07, 6.45) is 0. The minimum Gasteiger partial charge on any atom is -0.497 e. The van der Waals surface area contributed by atoms with E-state index in [0.29, 0.717) is 12.1 Å². The third-order valence-electron chi connectivity index (χ3n) is 4.15. The summed E-state index contributed by atoms with van der Waals surface area (Å²) in [6.45, 7) is 8.72. The number of ether oxygens (including phenoxy) is 1. The lowest BCUT2D eigenvalue weighted by molar-refractivity contribution is 0.414. The summed E-state index contributed by atoms with van der Waals surface area (Å²) in [7, 11) is 1.69. The second kappa shape index (κ2) is 6.77. The summed E-state index contributed by atoms with van der Waals surface area (Å²) >= 11 is 0. The normalized spacial score (nSPS) is 13.8. The number of benzene rings is 2. The van der Waals surface area contributed by atoms with E-state index in [0.717, 1.165) is 5.75 Å². The number of hydrogen-bond donors (Lipinski definition) is 1. The first-order valence-corrected chi connectivity index (χ1v) is 7.48. The molecule has 21 heavy (non-hydrogen) atoms. The van der Waals surface area contributed by atoms with Crippen molar-refractivity contribution in [1.82, 2.24) is 5.32 Å². The van der Waals surface area contributed by atoms with Crippen molar-refractivity contribution in [3.05, 3.63) is 64.7 Å². The van der Waals surface area contributed by atoms with Crippen LogP contribution in [0.15, 0.2) is 42.5 Å². The summed E-state index contributed by atoms with van der Waals surface area (Å²) in [4.78, 5) is 0. The topological polar surface area (TPSA) is 21.3 Å². The molecular weight excluding hydrogens is 258 g/mol. The highest BCUT2D eigenvalue weighted by Crippen LogP contribution is 2.22. The lowest BCUT2D eigenvalue weighted by atomic mass is 10.0. The summed E-state index contributed by atoms with van der Waals surface area (Å²) in [5, 5.41) is 3.66. The highest BCUT2D eigenvalue weighted by molar-refractivity contribution is 5.32. The first kappa shape index (κ1) is 15.6. The van der Waals surface area contributed by atoms with Crippen molar-refractivity contribution < 1.29 is 4.74 Å². The van der Waals surface area contributed by atoms with Crippen LogP contribution in [0.1, 0.15) is 48.2 Å². The van der Waals surface area contributed by atoms with E-state index in [1.54, 1.807) is 7.11 Å². The van der Waals surface area contributed by atoms with Crippen molar-refractivity contribution >= 4 is 0 Å². The van der Waals surface area contributed by atoms with E-state index in [2.05, 4.69) is 63.3 Å². The molecule has 0 aliphatic heterocycles. The molecule has 2 heteroatoms. The molecule has 112 valence electrons. The van der Waals surface area contributed by atoms with Gasteiger partial charge in [-0.25, -0.2) is 0 Å². The lowest BCUT2D eigenvalue weighted by Crippen LogP contribution is -2.22. The van der Waals surface area contributed by atoms with Gasteiger partial charge >= 0.3 is 0 Å². The Morgan fingerprint density at radius 3 is 1.95 bits per heavy atom. The average molecular weight is 283 g/mol. The molecule has 0 fully saturated rings. The minimum atomic E-state index is 0.299. The molecule has 0 saturated carbocycles. The third-order valence-corrected chi connectivity index (χ3v) is 4.15. The smallest absolute Gasteiger partial charge is 0.118 e. The third kappa shape index (κ3) is 3.85. The zero-order chi connectivity index (χ0) is 15.4. The van der Waals surface area contributed by atoms with E-state index in [1.165, 1.54) is 22.3 Å². The zero-order valence-corrected chi connectivity index (χ0v) is 13.6. The molecule has 2 atom stereocenters. The van der Waals surface area contributed by atoms with Gasteiger partial charge in [-0.1, -0.05) is 30.3 Å². The van der Waals surface area contributed by atoms with Gasteiger partial charge in [0.15, 0.2) is 0 Å². The van der Waals surface area contributed by atoms with Gasteiger partial charge in [0.2, 0.25) is 0 Å². The summed E-state index contributed by atoms with van der Waals surface area (Å²) in [5.74, 6) is 0.896. The average Bonchev–Trinajstić information content (AvgIpc) is 2.50. The fourth-order valence-corrected chi connectivity index (χ4v) is 2.49. The Morgan fingerprint density at radius 1 is 0.810 bits per heavy atom. The van der Waals surface area contributed by atoms with Crippen molar-refractivity contribution in [2.45, 2.75) is 39.8 Å². The van der Waals surface area contributed by atoms with Gasteiger partial charge < -0.3 is 10.1 Å². The molecule has 2 rings (SSSR count). The highest BCUT2D eigenvalue weighted by atomic mass is 16.5. The van der Waals surface area contributed by atoms with Gasteiger partial charge in [0.25, 0.3) is 0 Å². The molecule has 0 saturated heterocycles. The van der Waals surface area contributed by atoms with Crippen LogP contribution in [0.2, 0.25) is 0 Å². The molecule has 0 aliphatic carbocycles. The molecule has 0 aromatic heterocycles. The van der Waals surface area contributed by atoms with Crippen LogP contribution in [0, 0.1) is 13.8 Å². The van der Waals surface area contributed by atoms with E-state index >= 15 is 0 Å². The Balaban J connectivity index is 2.06. The fraction of sp³-hybridized carbons (Fsp3) is 0.368. The molecular formula is C19H25NO. The van der Waals surface area contributed by atoms with Crippen LogP contribution in [0.3, 0.4) is 0 Å². The molecule has 2 aromatic rings. The quantitative estimate of drug-likeness (QED) is 0.857. The second-order valence-corrected chi connectivity index (χ2v) is 5.73. The van der Waals surface area contributed by atoms with Gasteiger partial charge in [-0.15, -0.1) is 0 Å². The Labute approximate surface area is 128 Å². The molecule has 2 aromatic carbocycles. The van der Waals surface area contributed by atoms with Crippen molar-refractivity contribution in [3.8, 4) is 5.75 Å². The molecule has 1 unspecified atom stereocenters. The van der Waals surface area contributed by atoms with E-state index in [9.17, 15) is 0 Å². The maximum atomic E-state index is 5.20. The van der Waals surface area contributed by atoms with Crippen molar-refractivity contribution in [2.75, 3.05) is 7.11 Å². The van der Waals surface area contributed by atoms with Crippen LogP contribution in [-0.2, 0) is 0 Å². The van der Waals surface area contributed by atoms with E-state index in [4.69, 9.17) is 4.74 Å². The Hall–Kier alpha value is -1.80. The Morgan fingerprint density at radius 2 is 1.38 bits per heavy atom. The Kier molecular flexibility index (Phi) is 5.03. The van der Waals surface area contributed by atoms with Crippen LogP contribution in [0.25, 0.3) is 0 Å². The summed E-state index contributed by atoms with van der Waals surface area (Å²) in [5.41, 5.74) is 5.29. The first-order chi connectivity index (χ1) is 10.0. The molecule has 0 radical (unpaired) electrons. The maximum Gasteiger partial charge on any atom is 0.118 e. The molecule has 0 bridgehead atoms. The van der Waals surface area contributed by atoms with Crippen molar-refractivity contribution in [2.24, 2.45) is 0 Å². The van der Waals surface area contributed by atoms with Gasteiger partial charge in [-0.2, -0.15) is 0 Å². The van der Waals surface area contributed by atoms with Gasteiger partial charge in [-0.05, 0) is 62.1 Å². The second-order valence-electron chi connectivity index (χ2n) is 5.73. The van der Waals surface area contributed by atoms with Crippen LogP contribution >= 0.6 is 0 Å². The monoisotopic (exact) mass is 283 g/mol. The van der Waals surface area contributed by atoms with Crippen LogP contribution in [-0.4, -0.2) is 7.11 Å². The minimum absolute atomic E-state index is 0.299. The molecule has 0 spiro atoms. The number of rotatable bonds is 5. The lowest BCUT2D eigenvalue weighted by Gasteiger charge is -2.21. The predicted molar refractivity (Wildman–Crippen MR) is 88.9 cm³/mol. The fourth-order valence-electron chi connectivity index (χ4n) is 2.49. The number of nitrogens with one attached hydrogen (secondary N) is 1. The predicted octanol–water partition coefficient (Wildman–Crippen LogP) is 4.72. The van der Waals surface area contributed by atoms with Crippen LogP contribution < -0.4 is 10.1 Å². The van der Waals surface area contributed by atoms with Crippen LogP contribution in [0.5, 0.6) is 5.75 Å². The van der Waals surface area contributed by atoms with E-state index < -0.39 is 0 Å². The molecule has 1 N–H and O–H groups in total. The SMILES string of the molecule is COc1ccc([C@H](C)NC(C)c2ccc(C)c(C)c2)cc1. The highest BCUT2D eigenvalue weighted by Gasteiger charge is 2.11. The largest absolute Gasteiger partial charge is 0.497 e. The Bertz CT molecular complexity index is 589. The van der Waals surface area contributed by atoms with Gasteiger partial charge in [-0.3, -0.25) is 0 Å². The van der Waals surface area contributed by atoms with E-state index in [-0.39, 0.29) is 0 Å². The number of aryl methyl sites for hydroxylation is 2.